The molecule has 2 heterocycles. The number of methoxy groups -OCH3 is 2. The third-order valence-corrected chi connectivity index (χ3v) is 5.06. The van der Waals surface area contributed by atoms with Crippen LogP contribution in [0.1, 0.15) is 19.8 Å². The number of primary amides is 1. The average molecular weight is 377 g/mol. The van der Waals surface area contributed by atoms with Gasteiger partial charge in [-0.15, -0.1) is 0 Å². The number of nitrogens with zero attached hydrogens (tertiary/aromatic N) is 2. The molecule has 0 aliphatic carbocycles. The van der Waals surface area contributed by atoms with Gasteiger partial charge in [0, 0.05) is 13.1 Å². The summed E-state index contributed by atoms with van der Waals surface area (Å²) < 4.78 is 22.9. The largest absolute Gasteiger partial charge is 0.494 e. The first kappa shape index (κ1) is 19.2. The first-order valence-electron chi connectivity index (χ1n) is 9.04. The summed E-state index contributed by atoms with van der Waals surface area (Å²) in [6.07, 6.45) is 3.95. The number of amides is 2. The second-order valence-corrected chi connectivity index (χ2v) is 6.71. The second kappa shape index (κ2) is 7.96. The van der Waals surface area contributed by atoms with Crippen molar-refractivity contribution in [2.24, 2.45) is 5.73 Å². The molecule has 8 nitrogen and oxygen atoms in total. The summed E-state index contributed by atoms with van der Waals surface area (Å²) in [6.45, 7) is 4.69. The van der Waals surface area contributed by atoms with Crippen molar-refractivity contribution in [3.63, 3.8) is 0 Å². The molecule has 148 valence electrons. The quantitative estimate of drug-likeness (QED) is 0.798. The highest BCUT2D eigenvalue weighted by Crippen LogP contribution is 2.51. The van der Waals surface area contributed by atoms with Crippen LogP contribution in [0.15, 0.2) is 16.7 Å². The van der Waals surface area contributed by atoms with Crippen LogP contribution in [0.3, 0.4) is 0 Å². The van der Waals surface area contributed by atoms with Crippen LogP contribution >= 0.6 is 0 Å². The fourth-order valence-corrected chi connectivity index (χ4v) is 3.54. The summed E-state index contributed by atoms with van der Waals surface area (Å²) in [5.74, 6) is 1.24. The Morgan fingerprint density at radius 1 is 1.26 bits per heavy atom. The molecule has 1 saturated heterocycles. The number of anilines is 1. The van der Waals surface area contributed by atoms with Gasteiger partial charge < -0.3 is 24.4 Å². The van der Waals surface area contributed by atoms with E-state index in [-0.39, 0.29) is 6.04 Å². The third kappa shape index (κ3) is 3.49. The lowest BCUT2D eigenvalue weighted by molar-refractivity contribution is 0.169. The van der Waals surface area contributed by atoms with E-state index in [0.717, 1.165) is 13.1 Å². The molecule has 1 aliphatic rings. The molecule has 0 bridgehead atoms. The van der Waals surface area contributed by atoms with Gasteiger partial charge in [-0.25, -0.2) is 4.79 Å². The fraction of sp³-hybridized carbons (Fsp3) is 0.526. The number of rotatable bonds is 7. The Kier molecular flexibility index (Phi) is 5.65. The smallest absolute Gasteiger partial charge is 0.319 e. The van der Waals surface area contributed by atoms with Gasteiger partial charge in [-0.2, -0.15) is 0 Å². The summed E-state index contributed by atoms with van der Waals surface area (Å²) in [5, 5.41) is 0.678. The highest BCUT2D eigenvalue weighted by molar-refractivity contribution is 6.04. The van der Waals surface area contributed by atoms with Gasteiger partial charge in [0.05, 0.1) is 25.9 Å². The first-order valence-corrected chi connectivity index (χ1v) is 9.04. The maximum Gasteiger partial charge on any atom is 0.319 e. The van der Waals surface area contributed by atoms with Gasteiger partial charge >= 0.3 is 6.03 Å². The Morgan fingerprint density at radius 3 is 2.52 bits per heavy atom. The zero-order chi connectivity index (χ0) is 19.6. The summed E-state index contributed by atoms with van der Waals surface area (Å²) in [4.78, 5) is 15.6. The van der Waals surface area contributed by atoms with Gasteiger partial charge in [-0.1, -0.05) is 0 Å². The monoisotopic (exact) mass is 377 g/mol. The van der Waals surface area contributed by atoms with Crippen LogP contribution in [0.5, 0.6) is 17.2 Å². The van der Waals surface area contributed by atoms with Crippen LogP contribution in [0, 0.1) is 0 Å². The van der Waals surface area contributed by atoms with Crippen molar-refractivity contribution in [2.45, 2.75) is 25.8 Å². The van der Waals surface area contributed by atoms with Gasteiger partial charge in [0.2, 0.25) is 5.75 Å². The number of likely N-dealkylation sites (tertiary alicyclic amines) is 1. The number of carbonyl (C=O) groups is 1. The maximum atomic E-state index is 11.9. The number of furan rings is 1. The minimum Gasteiger partial charge on any atom is -0.494 e. The molecule has 1 fully saturated rings. The van der Waals surface area contributed by atoms with Crippen molar-refractivity contribution in [1.82, 2.24) is 4.90 Å². The van der Waals surface area contributed by atoms with Crippen LogP contribution in [-0.4, -0.2) is 57.9 Å². The van der Waals surface area contributed by atoms with E-state index < -0.39 is 6.03 Å². The molecule has 0 radical (unpaired) electrons. The van der Waals surface area contributed by atoms with Crippen molar-refractivity contribution >= 4 is 22.7 Å². The molecule has 1 aromatic carbocycles. The van der Waals surface area contributed by atoms with Gasteiger partial charge in [0.1, 0.15) is 12.3 Å². The fourth-order valence-electron chi connectivity index (χ4n) is 3.54. The lowest BCUT2D eigenvalue weighted by atomic mass is 10.1. The van der Waals surface area contributed by atoms with E-state index in [2.05, 4.69) is 11.8 Å². The molecule has 0 saturated carbocycles. The van der Waals surface area contributed by atoms with Gasteiger partial charge in [-0.05, 0) is 38.9 Å². The first-order chi connectivity index (χ1) is 13.0. The van der Waals surface area contributed by atoms with Crippen LogP contribution in [0.25, 0.3) is 11.0 Å². The maximum absolute atomic E-state index is 11.9. The molecule has 8 heteroatoms. The van der Waals surface area contributed by atoms with E-state index in [1.165, 1.54) is 32.0 Å². The Labute approximate surface area is 158 Å². The van der Waals surface area contributed by atoms with Crippen molar-refractivity contribution in [2.75, 3.05) is 45.9 Å². The third-order valence-electron chi connectivity index (χ3n) is 5.06. The minimum atomic E-state index is -0.629. The topological polar surface area (TPSA) is 90.4 Å². The summed E-state index contributed by atoms with van der Waals surface area (Å²) in [5.41, 5.74) is 6.45. The predicted molar refractivity (Wildman–Crippen MR) is 103 cm³/mol. The molecule has 0 spiro atoms. The number of hydrogen-bond donors (Lipinski definition) is 1. The zero-order valence-electron chi connectivity index (χ0n) is 16.3. The molecular formula is C19H27N3O5. The predicted octanol–water partition coefficient (Wildman–Crippen LogP) is 2.83. The Morgan fingerprint density at radius 2 is 1.93 bits per heavy atom. The van der Waals surface area contributed by atoms with Crippen molar-refractivity contribution in [3.05, 3.63) is 12.3 Å². The molecule has 3 rings (SSSR count). The van der Waals surface area contributed by atoms with Crippen LogP contribution < -0.4 is 24.8 Å². The highest BCUT2D eigenvalue weighted by atomic mass is 16.5. The number of fused-ring (bicyclic) bond motifs is 1. The van der Waals surface area contributed by atoms with Crippen molar-refractivity contribution < 1.29 is 23.4 Å². The minimum absolute atomic E-state index is 0.224. The number of ether oxygens (including phenoxy) is 3. The molecule has 1 aliphatic heterocycles. The highest BCUT2D eigenvalue weighted by Gasteiger charge is 2.29. The van der Waals surface area contributed by atoms with Gasteiger partial charge in [0.15, 0.2) is 17.1 Å². The summed E-state index contributed by atoms with van der Waals surface area (Å²) in [7, 11) is 4.64. The molecule has 2 N–H and O–H groups in total. The van der Waals surface area contributed by atoms with E-state index >= 15 is 0 Å². The Hall–Kier alpha value is -2.61. The molecular weight excluding hydrogens is 350 g/mol. The van der Waals surface area contributed by atoms with Crippen LogP contribution in [-0.2, 0) is 0 Å². The van der Waals surface area contributed by atoms with Gasteiger partial charge in [0.25, 0.3) is 0 Å². The number of hydrogen-bond acceptors (Lipinski definition) is 6. The van der Waals surface area contributed by atoms with E-state index in [1.807, 2.05) is 0 Å². The number of urea groups is 1. The Bertz CT molecular complexity index is 813. The van der Waals surface area contributed by atoms with E-state index in [9.17, 15) is 4.79 Å². The molecule has 27 heavy (non-hydrogen) atoms. The van der Waals surface area contributed by atoms with Gasteiger partial charge in [-0.3, -0.25) is 9.80 Å². The van der Waals surface area contributed by atoms with E-state index in [1.54, 1.807) is 19.4 Å². The lowest BCUT2D eigenvalue weighted by Gasteiger charge is -2.27. The zero-order valence-corrected chi connectivity index (χ0v) is 16.3. The van der Waals surface area contributed by atoms with Crippen molar-refractivity contribution in [3.8, 4) is 17.2 Å². The standard InChI is InChI=1S/C19H27N3O5/c1-12(22-8-5-6-9-22)11-27-17-14(21(2)19(20)23)15(24-3)13-7-10-26-16(13)18(17)25-4/h7,10,12H,5-6,8-9,11H2,1-4H3,(H2,20,23). The SMILES string of the molecule is COc1c(N(C)C(N)=O)c(OCC(C)N2CCCC2)c(OC)c2occc12. The molecule has 1 atom stereocenters. The summed E-state index contributed by atoms with van der Waals surface area (Å²) >= 11 is 0. The van der Waals surface area contributed by atoms with Crippen molar-refractivity contribution in [1.29, 1.82) is 0 Å². The van der Waals surface area contributed by atoms with Crippen LogP contribution in [0.2, 0.25) is 0 Å². The van der Waals surface area contributed by atoms with E-state index in [4.69, 9.17) is 24.4 Å². The number of benzene rings is 1. The number of nitrogens with two attached hydrogens (primary N) is 1. The second-order valence-electron chi connectivity index (χ2n) is 6.71. The number of carbonyl (C=O) groups excluding carboxylic acids is 1. The normalized spacial score (nSPS) is 15.7. The average Bonchev–Trinajstić information content (AvgIpc) is 3.35. The van der Waals surface area contributed by atoms with Crippen LogP contribution in [0.4, 0.5) is 10.5 Å². The molecule has 2 amide bonds. The van der Waals surface area contributed by atoms with E-state index in [0.29, 0.717) is 40.5 Å². The molecule has 1 aromatic heterocycles. The molecule has 1 unspecified atom stereocenters. The summed E-state index contributed by atoms with van der Waals surface area (Å²) in [6, 6.07) is 1.35. The molecule has 2 aromatic rings. The Balaban J connectivity index is 2.06. The lowest BCUT2D eigenvalue weighted by Crippen LogP contribution is -2.36.